The van der Waals surface area contributed by atoms with Gasteiger partial charge in [-0.25, -0.2) is 14.4 Å². The monoisotopic (exact) mass is 620 g/mol. The third kappa shape index (κ3) is 10.4. The average molecular weight is 621 g/mol. The second-order valence-corrected chi connectivity index (χ2v) is 9.89. The Labute approximate surface area is 247 Å². The van der Waals surface area contributed by atoms with Crippen molar-refractivity contribution in [2.75, 3.05) is 39.6 Å². The summed E-state index contributed by atoms with van der Waals surface area (Å²) in [6, 6.07) is 0. The Balaban J connectivity index is 1.80. The van der Waals surface area contributed by atoms with Crippen LogP contribution in [0.3, 0.4) is 0 Å². The van der Waals surface area contributed by atoms with Crippen molar-refractivity contribution in [3.8, 4) is 0 Å². The van der Waals surface area contributed by atoms with E-state index < -0.39 is 86.2 Å². The minimum atomic E-state index is -1.72. The first-order valence-corrected chi connectivity index (χ1v) is 13.4. The summed E-state index contributed by atoms with van der Waals surface area (Å²) >= 11 is 0. The van der Waals surface area contributed by atoms with Gasteiger partial charge in [-0.05, 0) is 0 Å². The molecule has 4 unspecified atom stereocenters. The van der Waals surface area contributed by atoms with Crippen molar-refractivity contribution in [1.29, 1.82) is 0 Å². The molecule has 0 aromatic heterocycles. The summed E-state index contributed by atoms with van der Waals surface area (Å²) in [4.78, 5) is 36.2. The zero-order valence-electron chi connectivity index (χ0n) is 23.5. The molecule has 2 aliphatic heterocycles. The fraction of sp³-hybridized carbons (Fsp3) is 0.667. The number of aliphatic hydroxyl groups excluding tert-OH is 7. The molecule has 43 heavy (non-hydrogen) atoms. The fourth-order valence-corrected chi connectivity index (χ4v) is 3.91. The number of carbonyl (C=O) groups is 3. The molecule has 0 aromatic rings. The molecule has 0 aromatic carbocycles. The SMILES string of the molecule is C=C(CCO)C(=O)OCC1OCC(OC(=O)C(=C)CCO[C@@H]2O[C@H](COC(=O)C(=C)CCO)[C@@H](O)[C@H](O)[C@H]2O)C(O)C1O. The van der Waals surface area contributed by atoms with Crippen LogP contribution in [0.15, 0.2) is 36.5 Å². The average Bonchev–Trinajstić information content (AvgIpc) is 2.98. The molecule has 0 spiro atoms. The Kier molecular flexibility index (Phi) is 14.8. The van der Waals surface area contributed by atoms with Gasteiger partial charge in [-0.1, -0.05) is 19.7 Å². The number of hydrogen-bond donors (Lipinski definition) is 7. The normalized spacial score (nSPS) is 30.6. The van der Waals surface area contributed by atoms with Gasteiger partial charge in [0.2, 0.25) is 0 Å². The number of aliphatic hydroxyl groups is 7. The fourth-order valence-electron chi connectivity index (χ4n) is 3.91. The van der Waals surface area contributed by atoms with E-state index in [0.29, 0.717) is 0 Å². The van der Waals surface area contributed by atoms with E-state index in [-0.39, 0.29) is 62.4 Å². The van der Waals surface area contributed by atoms with Crippen molar-refractivity contribution >= 4 is 17.9 Å². The predicted octanol–water partition coefficient (Wildman–Crippen LogP) is -3.25. The number of rotatable bonds is 16. The first-order valence-electron chi connectivity index (χ1n) is 13.4. The van der Waals surface area contributed by atoms with E-state index in [9.17, 15) is 39.9 Å². The lowest BCUT2D eigenvalue weighted by atomic mass is 9.99. The topological polar surface area (TPSA) is 248 Å². The van der Waals surface area contributed by atoms with Crippen molar-refractivity contribution in [2.45, 2.75) is 74.4 Å². The van der Waals surface area contributed by atoms with Gasteiger partial charge in [0, 0.05) is 49.2 Å². The van der Waals surface area contributed by atoms with Crippen molar-refractivity contribution < 1.29 is 78.6 Å². The zero-order chi connectivity index (χ0) is 32.3. The summed E-state index contributed by atoms with van der Waals surface area (Å²) < 4.78 is 31.3. The molecule has 16 nitrogen and oxygen atoms in total. The molecule has 244 valence electrons. The van der Waals surface area contributed by atoms with Crippen LogP contribution in [0.4, 0.5) is 0 Å². The number of carbonyl (C=O) groups excluding carboxylic acids is 3. The van der Waals surface area contributed by atoms with Gasteiger partial charge in [-0.2, -0.15) is 0 Å². The molecule has 0 aliphatic carbocycles. The van der Waals surface area contributed by atoms with Crippen LogP contribution >= 0.6 is 0 Å². The van der Waals surface area contributed by atoms with Crippen LogP contribution in [0.25, 0.3) is 0 Å². The summed E-state index contributed by atoms with van der Waals surface area (Å²) in [5.41, 5.74) is -0.127. The van der Waals surface area contributed by atoms with Gasteiger partial charge in [-0.3, -0.25) is 0 Å². The quantitative estimate of drug-likeness (QED) is 0.0508. The molecule has 0 amide bonds. The van der Waals surface area contributed by atoms with Gasteiger partial charge in [0.1, 0.15) is 55.9 Å². The minimum Gasteiger partial charge on any atom is -0.459 e. The van der Waals surface area contributed by atoms with E-state index in [1.165, 1.54) is 0 Å². The Morgan fingerprint density at radius 1 is 0.674 bits per heavy atom. The van der Waals surface area contributed by atoms with Crippen molar-refractivity contribution in [3.63, 3.8) is 0 Å². The predicted molar refractivity (Wildman–Crippen MR) is 142 cm³/mol. The molecule has 9 atom stereocenters. The second-order valence-electron chi connectivity index (χ2n) is 9.89. The Hall–Kier alpha value is -2.77. The van der Waals surface area contributed by atoms with Crippen LogP contribution in [0.1, 0.15) is 19.3 Å². The maximum Gasteiger partial charge on any atom is 0.333 e. The number of hydrogen-bond acceptors (Lipinski definition) is 16. The van der Waals surface area contributed by atoms with E-state index in [1.54, 1.807) is 0 Å². The molecular weight excluding hydrogens is 580 g/mol. The Morgan fingerprint density at radius 2 is 1.19 bits per heavy atom. The highest BCUT2D eigenvalue weighted by Gasteiger charge is 2.45. The summed E-state index contributed by atoms with van der Waals surface area (Å²) in [6.45, 7) is 8.32. The molecular formula is C27H40O16. The van der Waals surface area contributed by atoms with Gasteiger partial charge in [0.15, 0.2) is 12.4 Å². The van der Waals surface area contributed by atoms with Gasteiger partial charge < -0.3 is 64.2 Å². The number of esters is 3. The second kappa shape index (κ2) is 17.5. The highest BCUT2D eigenvalue weighted by molar-refractivity contribution is 5.88. The smallest absolute Gasteiger partial charge is 0.333 e. The summed E-state index contributed by atoms with van der Waals surface area (Å²) in [6.07, 6.45) is -13.6. The van der Waals surface area contributed by atoms with E-state index in [4.69, 9.17) is 38.6 Å². The highest BCUT2D eigenvalue weighted by atomic mass is 16.7. The molecule has 2 saturated heterocycles. The molecule has 2 aliphatic rings. The van der Waals surface area contributed by atoms with Crippen LogP contribution in [-0.2, 0) is 42.8 Å². The maximum absolute atomic E-state index is 12.5. The molecule has 2 rings (SSSR count). The van der Waals surface area contributed by atoms with Crippen LogP contribution in [0.2, 0.25) is 0 Å². The minimum absolute atomic E-state index is 0.00298. The summed E-state index contributed by atoms with van der Waals surface area (Å²) in [7, 11) is 0. The Bertz CT molecular complexity index is 997. The van der Waals surface area contributed by atoms with Gasteiger partial charge in [0.05, 0.1) is 13.2 Å². The van der Waals surface area contributed by atoms with Crippen molar-refractivity contribution in [3.05, 3.63) is 36.5 Å². The standard InChI is InChI=1S/C27H40O16/c1-13(4-7-28)24(35)40-10-16-19(30)20(31)17(11-39-16)42-26(37)15(3)6-9-38-27-23(34)22(33)21(32)18(43-27)12-41-25(36)14(2)5-8-29/h16-23,27-34H,1-12H2/t16?,17?,18-,19?,20?,21-,22+,23-,27-/m1/s1. The molecule has 0 saturated carbocycles. The summed E-state index contributed by atoms with van der Waals surface area (Å²) in [5.74, 6) is -2.61. The molecule has 0 radical (unpaired) electrons. The molecule has 16 heteroatoms. The maximum atomic E-state index is 12.5. The van der Waals surface area contributed by atoms with Crippen molar-refractivity contribution in [2.24, 2.45) is 0 Å². The van der Waals surface area contributed by atoms with E-state index in [1.807, 2.05) is 0 Å². The van der Waals surface area contributed by atoms with E-state index in [0.717, 1.165) is 0 Å². The zero-order valence-corrected chi connectivity index (χ0v) is 23.5. The van der Waals surface area contributed by atoms with E-state index in [2.05, 4.69) is 19.7 Å². The van der Waals surface area contributed by atoms with E-state index >= 15 is 0 Å². The van der Waals surface area contributed by atoms with Gasteiger partial charge >= 0.3 is 17.9 Å². The van der Waals surface area contributed by atoms with Gasteiger partial charge in [-0.15, -0.1) is 0 Å². The van der Waals surface area contributed by atoms with Crippen LogP contribution in [-0.4, -0.2) is 148 Å². The molecule has 7 N–H and O–H groups in total. The lowest BCUT2D eigenvalue weighted by Gasteiger charge is -2.40. The highest BCUT2D eigenvalue weighted by Crippen LogP contribution is 2.24. The third-order valence-corrected chi connectivity index (χ3v) is 6.65. The third-order valence-electron chi connectivity index (χ3n) is 6.65. The lowest BCUT2D eigenvalue weighted by Crippen LogP contribution is -2.59. The summed E-state index contributed by atoms with van der Waals surface area (Å²) in [5, 5.41) is 69.0. The molecule has 2 fully saturated rings. The lowest BCUT2D eigenvalue weighted by molar-refractivity contribution is -0.301. The van der Waals surface area contributed by atoms with Crippen molar-refractivity contribution in [1.82, 2.24) is 0 Å². The first-order chi connectivity index (χ1) is 20.3. The molecule has 2 heterocycles. The molecule has 0 bridgehead atoms. The number of ether oxygens (including phenoxy) is 6. The van der Waals surface area contributed by atoms with Crippen LogP contribution < -0.4 is 0 Å². The van der Waals surface area contributed by atoms with Crippen LogP contribution in [0.5, 0.6) is 0 Å². The Morgan fingerprint density at radius 3 is 1.74 bits per heavy atom. The largest absolute Gasteiger partial charge is 0.459 e. The first kappa shape index (κ1) is 36.4. The van der Waals surface area contributed by atoms with Crippen LogP contribution in [0, 0.1) is 0 Å². The van der Waals surface area contributed by atoms with Gasteiger partial charge in [0.25, 0.3) is 0 Å².